The number of pyridine rings is 1. The first-order valence-electron chi connectivity index (χ1n) is 9.09. The highest BCUT2D eigenvalue weighted by atomic mass is 16.5. The maximum Gasteiger partial charge on any atom is 0.120 e. The lowest BCUT2D eigenvalue weighted by atomic mass is 10.1. The second kappa shape index (κ2) is 9.31. The summed E-state index contributed by atoms with van der Waals surface area (Å²) in [6.45, 7) is 12.8. The molecule has 0 aliphatic carbocycles. The molecule has 1 heterocycles. The highest BCUT2D eigenvalue weighted by Crippen LogP contribution is 2.30. The smallest absolute Gasteiger partial charge is 0.120 e. The number of anilines is 1. The van der Waals surface area contributed by atoms with E-state index in [0.29, 0.717) is 6.61 Å². The van der Waals surface area contributed by atoms with Gasteiger partial charge in [-0.1, -0.05) is 32.3 Å². The van der Waals surface area contributed by atoms with Gasteiger partial charge in [-0.05, 0) is 44.5 Å². The molecule has 2 aromatic rings. The van der Waals surface area contributed by atoms with Gasteiger partial charge in [-0.3, -0.25) is 4.98 Å². The van der Waals surface area contributed by atoms with Gasteiger partial charge in [0.05, 0.1) is 12.1 Å². The summed E-state index contributed by atoms with van der Waals surface area (Å²) in [5.74, 6) is 0.904. The molecule has 2 rings (SSSR count). The van der Waals surface area contributed by atoms with Crippen LogP contribution in [0.15, 0.2) is 36.9 Å². The van der Waals surface area contributed by atoms with Crippen LogP contribution in [0.1, 0.15) is 45.2 Å². The molecule has 0 N–H and O–H groups in total. The van der Waals surface area contributed by atoms with E-state index < -0.39 is 0 Å². The largest absolute Gasteiger partial charge is 0.494 e. The van der Waals surface area contributed by atoms with Crippen LogP contribution in [0.4, 0.5) is 5.69 Å². The second-order valence-electron chi connectivity index (χ2n) is 6.19. The third kappa shape index (κ3) is 4.73. The fourth-order valence-corrected chi connectivity index (χ4v) is 3.03. The number of hydrogen-bond donors (Lipinski definition) is 0. The summed E-state index contributed by atoms with van der Waals surface area (Å²) < 4.78 is 5.69. The van der Waals surface area contributed by atoms with Gasteiger partial charge < -0.3 is 9.64 Å². The molecule has 0 radical (unpaired) electrons. The number of hydrogen-bond acceptors (Lipinski definition) is 3. The summed E-state index contributed by atoms with van der Waals surface area (Å²) in [4.78, 5) is 7.09. The van der Waals surface area contributed by atoms with Crippen molar-refractivity contribution < 1.29 is 4.74 Å². The van der Waals surface area contributed by atoms with Crippen molar-refractivity contribution in [1.82, 2.24) is 4.98 Å². The Morgan fingerprint density at radius 3 is 2.71 bits per heavy atom. The summed E-state index contributed by atoms with van der Waals surface area (Å²) >= 11 is 0. The Labute approximate surface area is 146 Å². The van der Waals surface area contributed by atoms with Gasteiger partial charge in [0.15, 0.2) is 0 Å². The van der Waals surface area contributed by atoms with E-state index in [2.05, 4.69) is 48.5 Å². The summed E-state index contributed by atoms with van der Waals surface area (Å²) in [6.07, 6.45) is 7.02. The zero-order chi connectivity index (χ0) is 17.4. The summed E-state index contributed by atoms with van der Waals surface area (Å²) in [7, 11) is 0. The molecular formula is C21H30N2O. The summed E-state index contributed by atoms with van der Waals surface area (Å²) in [6, 6.07) is 8.35. The Morgan fingerprint density at radius 1 is 1.17 bits per heavy atom. The normalized spacial score (nSPS) is 10.8. The van der Waals surface area contributed by atoms with Crippen molar-refractivity contribution in [2.45, 2.75) is 46.5 Å². The highest BCUT2D eigenvalue weighted by molar-refractivity contribution is 5.93. The molecular weight excluding hydrogens is 296 g/mol. The van der Waals surface area contributed by atoms with Crippen LogP contribution in [0.3, 0.4) is 0 Å². The van der Waals surface area contributed by atoms with Gasteiger partial charge in [0.25, 0.3) is 0 Å². The fraction of sp³-hybridized carbons (Fsp3) is 0.476. The molecule has 0 aliphatic heterocycles. The first-order valence-corrected chi connectivity index (χ1v) is 9.09. The van der Waals surface area contributed by atoms with E-state index in [4.69, 9.17) is 4.74 Å². The van der Waals surface area contributed by atoms with Gasteiger partial charge in [-0.15, -0.1) is 6.58 Å². The van der Waals surface area contributed by atoms with Crippen molar-refractivity contribution in [1.29, 1.82) is 0 Å². The molecule has 1 aromatic carbocycles. The summed E-state index contributed by atoms with van der Waals surface area (Å²) in [5, 5.41) is 1.16. The minimum absolute atomic E-state index is 0.674. The predicted octanol–water partition coefficient (Wildman–Crippen LogP) is 5.51. The quantitative estimate of drug-likeness (QED) is 0.425. The number of nitrogens with zero attached hydrogens (tertiary/aromatic N) is 2. The van der Waals surface area contributed by atoms with Crippen molar-refractivity contribution in [3.05, 3.63) is 42.6 Å². The van der Waals surface area contributed by atoms with E-state index >= 15 is 0 Å². The number of ether oxygens (including phenoxy) is 1. The average molecular weight is 326 g/mol. The Bertz CT molecular complexity index is 666. The minimum atomic E-state index is 0.674. The van der Waals surface area contributed by atoms with Crippen LogP contribution < -0.4 is 9.64 Å². The monoisotopic (exact) mass is 326 g/mol. The van der Waals surface area contributed by atoms with Gasteiger partial charge in [0.2, 0.25) is 0 Å². The van der Waals surface area contributed by atoms with Gasteiger partial charge in [0, 0.05) is 29.9 Å². The van der Waals surface area contributed by atoms with Crippen LogP contribution >= 0.6 is 0 Å². The van der Waals surface area contributed by atoms with Crippen molar-refractivity contribution in [3.8, 4) is 5.75 Å². The molecule has 24 heavy (non-hydrogen) atoms. The standard InChI is InChI=1S/C21H30N2O/c1-5-8-9-10-14-23(13-6-2)21-15-17(4)22-20-12-11-18(24-7-3)16-19(20)21/h6,11-12,15-16H,2,5,7-10,13-14H2,1,3-4H3. The molecule has 0 amide bonds. The lowest BCUT2D eigenvalue weighted by Crippen LogP contribution is -2.25. The summed E-state index contributed by atoms with van der Waals surface area (Å²) in [5.41, 5.74) is 3.30. The van der Waals surface area contributed by atoms with E-state index in [-0.39, 0.29) is 0 Å². The first-order chi connectivity index (χ1) is 11.7. The first kappa shape index (κ1) is 18.3. The van der Waals surface area contributed by atoms with Gasteiger partial charge in [0.1, 0.15) is 5.75 Å². The van der Waals surface area contributed by atoms with E-state index in [1.165, 1.54) is 31.4 Å². The second-order valence-corrected chi connectivity index (χ2v) is 6.19. The van der Waals surface area contributed by atoms with Gasteiger partial charge in [-0.25, -0.2) is 0 Å². The maximum atomic E-state index is 5.69. The van der Waals surface area contributed by atoms with Crippen LogP contribution in [0.2, 0.25) is 0 Å². The Kier molecular flexibility index (Phi) is 7.10. The molecule has 0 saturated heterocycles. The minimum Gasteiger partial charge on any atom is -0.494 e. The molecule has 3 heteroatoms. The molecule has 130 valence electrons. The average Bonchev–Trinajstić information content (AvgIpc) is 2.57. The van der Waals surface area contributed by atoms with Crippen LogP contribution in [-0.2, 0) is 0 Å². The van der Waals surface area contributed by atoms with E-state index in [0.717, 1.165) is 35.4 Å². The Morgan fingerprint density at radius 2 is 2.00 bits per heavy atom. The van der Waals surface area contributed by atoms with E-state index in [9.17, 15) is 0 Å². The number of aryl methyl sites for hydroxylation is 1. The van der Waals surface area contributed by atoms with Gasteiger partial charge in [-0.2, -0.15) is 0 Å². The van der Waals surface area contributed by atoms with Crippen molar-refractivity contribution in [2.75, 3.05) is 24.6 Å². The third-order valence-corrected chi connectivity index (χ3v) is 4.17. The number of benzene rings is 1. The van der Waals surface area contributed by atoms with Gasteiger partial charge >= 0.3 is 0 Å². The molecule has 0 unspecified atom stereocenters. The van der Waals surface area contributed by atoms with Crippen LogP contribution in [0.25, 0.3) is 10.9 Å². The molecule has 1 aromatic heterocycles. The van der Waals surface area contributed by atoms with E-state index in [1.54, 1.807) is 0 Å². The zero-order valence-electron chi connectivity index (χ0n) is 15.3. The molecule has 0 spiro atoms. The third-order valence-electron chi connectivity index (χ3n) is 4.17. The molecule has 3 nitrogen and oxygen atoms in total. The molecule has 0 saturated carbocycles. The van der Waals surface area contributed by atoms with Crippen molar-refractivity contribution in [3.63, 3.8) is 0 Å². The zero-order valence-corrected chi connectivity index (χ0v) is 15.3. The van der Waals surface area contributed by atoms with Crippen molar-refractivity contribution >= 4 is 16.6 Å². The van der Waals surface area contributed by atoms with Crippen LogP contribution in [0.5, 0.6) is 5.75 Å². The Hall–Kier alpha value is -2.03. The topological polar surface area (TPSA) is 25.4 Å². The molecule has 0 bridgehead atoms. The maximum absolute atomic E-state index is 5.69. The van der Waals surface area contributed by atoms with Crippen molar-refractivity contribution in [2.24, 2.45) is 0 Å². The SMILES string of the molecule is C=CCN(CCCCCC)c1cc(C)nc2ccc(OCC)cc12. The molecule has 0 fully saturated rings. The van der Waals surface area contributed by atoms with Crippen LogP contribution in [0, 0.1) is 6.92 Å². The fourth-order valence-electron chi connectivity index (χ4n) is 3.03. The lowest BCUT2D eigenvalue weighted by molar-refractivity contribution is 0.340. The number of aromatic nitrogens is 1. The number of unbranched alkanes of at least 4 members (excludes halogenated alkanes) is 3. The number of rotatable bonds is 10. The number of fused-ring (bicyclic) bond motifs is 1. The molecule has 0 atom stereocenters. The molecule has 0 aliphatic rings. The highest BCUT2D eigenvalue weighted by Gasteiger charge is 2.12. The Balaban J connectivity index is 2.37. The van der Waals surface area contributed by atoms with Crippen LogP contribution in [-0.4, -0.2) is 24.7 Å². The van der Waals surface area contributed by atoms with E-state index in [1.807, 2.05) is 19.1 Å². The predicted molar refractivity (Wildman–Crippen MR) is 104 cm³/mol. The lowest BCUT2D eigenvalue weighted by Gasteiger charge is -2.25.